The molecule has 0 radical (unpaired) electrons. The summed E-state index contributed by atoms with van der Waals surface area (Å²) in [6.07, 6.45) is -1.47. The molecular formula is C26H28Cl3N3O8S2. The lowest BCUT2D eigenvalue weighted by atomic mass is 9.78. The highest BCUT2D eigenvalue weighted by Gasteiger charge is 2.73. The Kier molecular flexibility index (Phi) is 9.80. The zero-order chi connectivity index (χ0) is 30.9. The number of nitrogens with zero attached hydrogens (tertiary/aromatic N) is 2. The molecule has 11 nitrogen and oxygen atoms in total. The van der Waals surface area contributed by atoms with Gasteiger partial charge in [-0.05, 0) is 35.2 Å². The molecule has 42 heavy (non-hydrogen) atoms. The normalized spacial score (nSPS) is 25.2. The number of esters is 1. The van der Waals surface area contributed by atoms with E-state index < -0.39 is 49.4 Å². The van der Waals surface area contributed by atoms with Crippen LogP contribution in [-0.2, 0) is 35.2 Å². The van der Waals surface area contributed by atoms with E-state index in [0.717, 1.165) is 11.8 Å². The smallest absolute Gasteiger partial charge is 0.404 e. The number of β-lactam (4-membered cyclic amide) rings is 1. The van der Waals surface area contributed by atoms with Gasteiger partial charge in [0.25, 0.3) is 11.6 Å². The molecule has 2 aliphatic rings. The van der Waals surface area contributed by atoms with E-state index in [2.05, 4.69) is 0 Å². The van der Waals surface area contributed by atoms with Crippen molar-refractivity contribution >= 4 is 86.8 Å². The summed E-state index contributed by atoms with van der Waals surface area (Å²) in [7, 11) is 2.85. The number of rotatable bonds is 10. The average molecular weight is 681 g/mol. The molecule has 16 heteroatoms. The molecule has 4 rings (SSSR count). The molecule has 2 saturated heterocycles. The maximum absolute atomic E-state index is 14.0. The summed E-state index contributed by atoms with van der Waals surface area (Å²) >= 11 is 21.1. The Hall–Kier alpha value is -2.42. The fourth-order valence-electron chi connectivity index (χ4n) is 5.18. The number of anilines is 1. The van der Waals surface area contributed by atoms with Crippen molar-refractivity contribution in [1.29, 1.82) is 0 Å². The third-order valence-electron chi connectivity index (χ3n) is 7.06. The van der Waals surface area contributed by atoms with E-state index in [1.165, 1.54) is 42.3 Å². The molecule has 0 bridgehead atoms. The molecule has 3 amide bonds. The van der Waals surface area contributed by atoms with Crippen LogP contribution in [0.5, 0.6) is 5.75 Å². The highest BCUT2D eigenvalue weighted by molar-refractivity contribution is 8.00. The number of nitrogens with two attached hydrogens (primary N) is 1. The Balaban J connectivity index is 1.72. The second-order valence-electron chi connectivity index (χ2n) is 9.62. The third kappa shape index (κ3) is 6.13. The van der Waals surface area contributed by atoms with Gasteiger partial charge < -0.3 is 29.6 Å². The maximum atomic E-state index is 14.0. The number of carbonyl (C=O) groups is 4. The van der Waals surface area contributed by atoms with E-state index >= 15 is 0 Å². The molecule has 3 heterocycles. The minimum Gasteiger partial charge on any atom is -0.497 e. The van der Waals surface area contributed by atoms with Gasteiger partial charge >= 0.3 is 12.1 Å². The van der Waals surface area contributed by atoms with Gasteiger partial charge in [0.1, 0.15) is 34.8 Å². The Labute approximate surface area is 265 Å². The summed E-state index contributed by atoms with van der Waals surface area (Å²) in [6, 6.07) is 10.3. The maximum Gasteiger partial charge on any atom is 0.404 e. The number of thioether (sulfide) groups is 1. The summed E-state index contributed by atoms with van der Waals surface area (Å²) in [5.41, 5.74) is 2.53. The second kappa shape index (κ2) is 12.7. The Morgan fingerprint density at radius 1 is 1.14 bits per heavy atom. The minimum atomic E-state index is -1.97. The number of carbonyl (C=O) groups excluding carboxylic acids is 4. The third-order valence-corrected chi connectivity index (χ3v) is 10.1. The molecule has 3 unspecified atom stereocenters. The van der Waals surface area contributed by atoms with Gasteiger partial charge in [0.2, 0.25) is 5.91 Å². The number of thiophene rings is 1. The molecule has 1 aromatic heterocycles. The van der Waals surface area contributed by atoms with Crippen molar-refractivity contribution in [3.05, 3.63) is 47.3 Å². The number of halogens is 3. The number of fused-ring (bicyclic) bond motifs is 1. The van der Waals surface area contributed by atoms with Crippen molar-refractivity contribution in [2.75, 3.05) is 32.3 Å². The number of amides is 3. The number of ether oxygens (including phenoxy) is 4. The van der Waals surface area contributed by atoms with Crippen molar-refractivity contribution in [2.45, 2.75) is 40.1 Å². The topological polar surface area (TPSA) is 138 Å². The second-order valence-corrected chi connectivity index (χ2v) is 14.3. The molecule has 1 aromatic carbocycles. The van der Waals surface area contributed by atoms with Crippen LogP contribution in [0.1, 0.15) is 18.9 Å². The molecule has 0 aliphatic carbocycles. The fraction of sp³-hybridized carbons (Fsp3) is 0.462. The SMILES string of the molecule is COc1ccc(COC(=O)C2(CC(Cl)(Cl)Cl)CN3C(=O)C(OC)(N(C(C)=O)c4cccs4)[C@H]3SC2COC(N)=O)cc1. The predicted octanol–water partition coefficient (Wildman–Crippen LogP) is 4.32. The van der Waals surface area contributed by atoms with Crippen LogP contribution in [0.2, 0.25) is 0 Å². The summed E-state index contributed by atoms with van der Waals surface area (Å²) in [5, 5.41) is 0.503. The van der Waals surface area contributed by atoms with E-state index in [1.54, 1.807) is 41.8 Å². The van der Waals surface area contributed by atoms with Gasteiger partial charge in [0, 0.05) is 27.0 Å². The van der Waals surface area contributed by atoms with Gasteiger partial charge in [-0.3, -0.25) is 19.3 Å². The molecule has 2 aliphatic heterocycles. The summed E-state index contributed by atoms with van der Waals surface area (Å²) in [6.45, 7) is 0.540. The van der Waals surface area contributed by atoms with Crippen molar-refractivity contribution in [3.8, 4) is 5.75 Å². The highest BCUT2D eigenvalue weighted by Crippen LogP contribution is 2.58. The molecule has 2 aromatic rings. The largest absolute Gasteiger partial charge is 0.497 e. The van der Waals surface area contributed by atoms with E-state index in [1.807, 2.05) is 0 Å². The quantitative estimate of drug-likeness (QED) is 0.168. The van der Waals surface area contributed by atoms with Crippen LogP contribution in [0.4, 0.5) is 9.80 Å². The number of alkyl halides is 3. The first-order valence-corrected chi connectivity index (χ1v) is 15.4. The van der Waals surface area contributed by atoms with Gasteiger partial charge in [-0.15, -0.1) is 23.1 Å². The molecule has 0 spiro atoms. The van der Waals surface area contributed by atoms with Crippen LogP contribution in [0.15, 0.2) is 41.8 Å². The molecule has 228 valence electrons. The van der Waals surface area contributed by atoms with Crippen LogP contribution < -0.4 is 15.4 Å². The number of hydrogen-bond acceptors (Lipinski definition) is 10. The van der Waals surface area contributed by atoms with E-state index in [9.17, 15) is 19.2 Å². The van der Waals surface area contributed by atoms with Crippen molar-refractivity contribution in [3.63, 3.8) is 0 Å². The fourth-order valence-corrected chi connectivity index (χ4v) is 8.49. The van der Waals surface area contributed by atoms with Crippen LogP contribution in [-0.4, -0.2) is 76.3 Å². The van der Waals surface area contributed by atoms with Gasteiger partial charge in [-0.2, -0.15) is 0 Å². The lowest BCUT2D eigenvalue weighted by Gasteiger charge is -2.63. The molecular weight excluding hydrogens is 653 g/mol. The molecule has 2 fully saturated rings. The number of hydrogen-bond donors (Lipinski definition) is 1. The van der Waals surface area contributed by atoms with Gasteiger partial charge in [0.05, 0.1) is 12.4 Å². The molecule has 2 N–H and O–H groups in total. The first kappa shape index (κ1) is 32.5. The van der Waals surface area contributed by atoms with Crippen molar-refractivity contribution < 1.29 is 38.1 Å². The Morgan fingerprint density at radius 2 is 1.83 bits per heavy atom. The van der Waals surface area contributed by atoms with E-state index in [-0.39, 0.29) is 26.2 Å². The number of primary amides is 1. The lowest BCUT2D eigenvalue weighted by molar-refractivity contribution is -0.196. The Bertz CT molecular complexity index is 1330. The summed E-state index contributed by atoms with van der Waals surface area (Å²) in [4.78, 5) is 55.1. The van der Waals surface area contributed by atoms with Crippen molar-refractivity contribution in [2.24, 2.45) is 11.1 Å². The van der Waals surface area contributed by atoms with Crippen LogP contribution >= 0.6 is 57.9 Å². The number of benzene rings is 1. The monoisotopic (exact) mass is 679 g/mol. The first-order valence-electron chi connectivity index (χ1n) is 12.4. The van der Waals surface area contributed by atoms with Gasteiger partial charge in [0.15, 0.2) is 3.79 Å². The molecule has 0 saturated carbocycles. The van der Waals surface area contributed by atoms with Crippen molar-refractivity contribution in [1.82, 2.24) is 4.90 Å². The van der Waals surface area contributed by atoms with Crippen LogP contribution in [0, 0.1) is 5.41 Å². The molecule has 4 atom stereocenters. The van der Waals surface area contributed by atoms with E-state index in [0.29, 0.717) is 16.3 Å². The number of methoxy groups -OCH3 is 2. The van der Waals surface area contributed by atoms with Gasteiger partial charge in [-0.25, -0.2) is 4.79 Å². The van der Waals surface area contributed by atoms with Crippen LogP contribution in [0.25, 0.3) is 0 Å². The van der Waals surface area contributed by atoms with E-state index in [4.69, 9.17) is 59.5 Å². The first-order chi connectivity index (χ1) is 19.8. The van der Waals surface area contributed by atoms with Gasteiger partial charge in [-0.1, -0.05) is 46.9 Å². The highest BCUT2D eigenvalue weighted by atomic mass is 35.6. The summed E-state index contributed by atoms with van der Waals surface area (Å²) < 4.78 is 19.9. The predicted molar refractivity (Wildman–Crippen MR) is 160 cm³/mol. The zero-order valence-corrected chi connectivity index (χ0v) is 26.6. The lowest BCUT2D eigenvalue weighted by Crippen LogP contribution is -2.84. The zero-order valence-electron chi connectivity index (χ0n) is 22.7. The van der Waals surface area contributed by atoms with Crippen LogP contribution in [0.3, 0.4) is 0 Å². The minimum absolute atomic E-state index is 0.131. The average Bonchev–Trinajstić information content (AvgIpc) is 3.46. The standard InChI is InChI=1S/C26H28Cl3N3O8S2/c1-15(33)32(19-5-4-10-41-19)26(38-3)20(34)31-14-24(13-25(27,28)29,18(42-21(26)31)12-40-23(30)36)22(35)39-11-16-6-8-17(37-2)9-7-16/h4-10,18,21H,11-14H2,1-3H3,(H2,30,36)/t18?,21-,24?,26?/m1/s1. The Morgan fingerprint density at radius 3 is 2.36 bits per heavy atom. The summed E-state index contributed by atoms with van der Waals surface area (Å²) in [5.74, 6) is -1.17.